The number of benzene rings is 1. The molecule has 1 aromatic rings. The molecule has 0 aromatic heterocycles. The summed E-state index contributed by atoms with van der Waals surface area (Å²) in [6, 6.07) is 6.55. The van der Waals surface area contributed by atoms with Crippen LogP contribution in [0.2, 0.25) is 0 Å². The summed E-state index contributed by atoms with van der Waals surface area (Å²) in [5, 5.41) is 0. The lowest BCUT2D eigenvalue weighted by Crippen LogP contribution is -2.43. The highest BCUT2D eigenvalue weighted by Gasteiger charge is 2.49. The van der Waals surface area contributed by atoms with Crippen molar-refractivity contribution < 1.29 is 19.0 Å². The van der Waals surface area contributed by atoms with Crippen LogP contribution in [0.1, 0.15) is 45.1 Å². The van der Waals surface area contributed by atoms with Crippen molar-refractivity contribution >= 4 is 5.97 Å². The Morgan fingerprint density at radius 3 is 2.67 bits per heavy atom. The van der Waals surface area contributed by atoms with Crippen LogP contribution >= 0.6 is 0 Å². The highest BCUT2D eigenvalue weighted by atomic mass is 16.5. The highest BCUT2D eigenvalue weighted by molar-refractivity contribution is 5.70. The van der Waals surface area contributed by atoms with Gasteiger partial charge in [-0.25, -0.2) is 0 Å². The van der Waals surface area contributed by atoms with E-state index in [1.54, 1.807) is 14.2 Å². The highest BCUT2D eigenvalue weighted by Crippen LogP contribution is 2.49. The summed E-state index contributed by atoms with van der Waals surface area (Å²) in [5.74, 6) is 2.50. The second-order valence-electron chi connectivity index (χ2n) is 8.12. The summed E-state index contributed by atoms with van der Waals surface area (Å²) < 4.78 is 16.6. The smallest absolute Gasteiger partial charge is 0.311 e. The van der Waals surface area contributed by atoms with Crippen LogP contribution in [0, 0.1) is 5.92 Å². The largest absolute Gasteiger partial charge is 0.493 e. The maximum absolute atomic E-state index is 12.1. The number of fused-ring (bicyclic) bond motifs is 1. The minimum atomic E-state index is -0.129. The van der Waals surface area contributed by atoms with Crippen LogP contribution in [0.25, 0.3) is 0 Å². The lowest BCUT2D eigenvalue weighted by atomic mass is 9.68. The van der Waals surface area contributed by atoms with E-state index in [1.807, 2.05) is 19.9 Å². The minimum Gasteiger partial charge on any atom is -0.493 e. The maximum Gasteiger partial charge on any atom is 0.311 e. The Morgan fingerprint density at radius 2 is 2.00 bits per heavy atom. The molecule has 2 unspecified atom stereocenters. The van der Waals surface area contributed by atoms with E-state index in [-0.39, 0.29) is 11.4 Å². The van der Waals surface area contributed by atoms with E-state index >= 15 is 0 Å². The number of hydrogen-bond acceptors (Lipinski definition) is 5. The zero-order valence-electron chi connectivity index (χ0n) is 17.1. The Morgan fingerprint density at radius 1 is 1.26 bits per heavy atom. The Balaban J connectivity index is 1.87. The number of carbonyl (C=O) groups excluding carboxylic acids is 1. The molecular weight excluding hydrogens is 342 g/mol. The Bertz CT molecular complexity index is 727. The summed E-state index contributed by atoms with van der Waals surface area (Å²) in [4.78, 5) is 14.5. The van der Waals surface area contributed by atoms with Crippen LogP contribution < -0.4 is 9.47 Å². The van der Waals surface area contributed by atoms with E-state index in [9.17, 15) is 4.79 Å². The third kappa shape index (κ3) is 3.84. The number of hydrogen-bond donors (Lipinski definition) is 0. The topological polar surface area (TPSA) is 48.0 Å². The number of nitrogens with zero attached hydrogens (tertiary/aromatic N) is 1. The van der Waals surface area contributed by atoms with Gasteiger partial charge in [-0.05, 0) is 56.1 Å². The van der Waals surface area contributed by atoms with Gasteiger partial charge in [-0.3, -0.25) is 4.79 Å². The molecule has 1 saturated heterocycles. The molecule has 1 heterocycles. The fraction of sp³-hybridized carbons (Fsp3) is 0.591. The van der Waals surface area contributed by atoms with E-state index in [1.165, 1.54) is 5.56 Å². The second-order valence-corrected chi connectivity index (χ2v) is 8.12. The van der Waals surface area contributed by atoms with Gasteiger partial charge in [-0.2, -0.15) is 0 Å². The Labute approximate surface area is 162 Å². The maximum atomic E-state index is 12.1. The van der Waals surface area contributed by atoms with Crippen molar-refractivity contribution in [3.63, 3.8) is 0 Å². The van der Waals surface area contributed by atoms with Crippen molar-refractivity contribution in [1.82, 2.24) is 4.90 Å². The summed E-state index contributed by atoms with van der Waals surface area (Å²) in [5.41, 5.74) is 1.28. The number of likely N-dealkylation sites (tertiary alicyclic amines) is 1. The number of likely N-dealkylation sites (N-methyl/N-ethyl adjacent to an activating group) is 1. The third-order valence-electron chi connectivity index (χ3n) is 5.95. The molecule has 5 heteroatoms. The van der Waals surface area contributed by atoms with Gasteiger partial charge in [0.1, 0.15) is 5.76 Å². The standard InChI is InChI=1S/C22H31NO4/c1-15(2)12-21(24)27-17-8-9-22(10-11-23(3)20(22)14-17)16-6-7-18(25-4)19(13-16)26-5/h6-8,13,15,20H,9-12,14H2,1-5H3. The van der Waals surface area contributed by atoms with Gasteiger partial charge >= 0.3 is 5.97 Å². The molecule has 1 aliphatic carbocycles. The lowest BCUT2D eigenvalue weighted by Gasteiger charge is -2.40. The van der Waals surface area contributed by atoms with Crippen molar-refractivity contribution in [1.29, 1.82) is 0 Å². The zero-order chi connectivity index (χ0) is 19.6. The first-order valence-corrected chi connectivity index (χ1v) is 9.72. The minimum absolute atomic E-state index is 0.0161. The Hall–Kier alpha value is -2.01. The van der Waals surface area contributed by atoms with Gasteiger partial charge < -0.3 is 19.1 Å². The fourth-order valence-electron chi connectivity index (χ4n) is 4.48. The molecular formula is C22H31NO4. The molecule has 0 spiro atoms. The summed E-state index contributed by atoms with van der Waals surface area (Å²) >= 11 is 0. The SMILES string of the molecule is COc1ccc(C23CC=C(OC(=O)CC(C)C)CC2N(C)CC3)cc1OC. The Kier molecular flexibility index (Phi) is 5.80. The first kappa shape index (κ1) is 19.7. The van der Waals surface area contributed by atoms with Crippen molar-refractivity contribution in [2.75, 3.05) is 27.8 Å². The van der Waals surface area contributed by atoms with Crippen molar-refractivity contribution in [2.24, 2.45) is 5.92 Å². The molecule has 0 N–H and O–H groups in total. The molecule has 148 valence electrons. The number of allylic oxidation sites excluding steroid dienone is 1. The van der Waals surface area contributed by atoms with Crippen LogP contribution in [0.4, 0.5) is 0 Å². The van der Waals surface area contributed by atoms with Gasteiger partial charge in [0.05, 0.1) is 14.2 Å². The van der Waals surface area contributed by atoms with Crippen LogP contribution in [0.5, 0.6) is 11.5 Å². The van der Waals surface area contributed by atoms with E-state index in [2.05, 4.69) is 30.2 Å². The van der Waals surface area contributed by atoms with Gasteiger partial charge in [0.25, 0.3) is 0 Å². The third-order valence-corrected chi connectivity index (χ3v) is 5.95. The van der Waals surface area contributed by atoms with Gasteiger partial charge in [0.2, 0.25) is 0 Å². The first-order chi connectivity index (χ1) is 12.9. The van der Waals surface area contributed by atoms with Crippen molar-refractivity contribution in [2.45, 2.75) is 51.0 Å². The van der Waals surface area contributed by atoms with Gasteiger partial charge in [-0.1, -0.05) is 19.9 Å². The fourth-order valence-corrected chi connectivity index (χ4v) is 4.48. The first-order valence-electron chi connectivity index (χ1n) is 9.72. The average molecular weight is 373 g/mol. The summed E-state index contributed by atoms with van der Waals surface area (Å²) in [6.07, 6.45) is 5.27. The van der Waals surface area contributed by atoms with Gasteiger partial charge in [0.15, 0.2) is 11.5 Å². The molecule has 1 aromatic carbocycles. The molecule has 0 radical (unpaired) electrons. The monoisotopic (exact) mass is 373 g/mol. The van der Waals surface area contributed by atoms with Crippen molar-refractivity contribution in [3.8, 4) is 11.5 Å². The number of methoxy groups -OCH3 is 2. The van der Waals surface area contributed by atoms with Crippen LogP contribution in [0.15, 0.2) is 30.0 Å². The normalized spacial score (nSPS) is 25.1. The molecule has 3 rings (SSSR count). The number of esters is 1. The number of ether oxygens (including phenoxy) is 3. The number of carbonyl (C=O) groups is 1. The second kappa shape index (κ2) is 7.93. The molecule has 5 nitrogen and oxygen atoms in total. The van der Waals surface area contributed by atoms with E-state index < -0.39 is 0 Å². The molecule has 1 aliphatic heterocycles. The predicted molar refractivity (Wildman–Crippen MR) is 105 cm³/mol. The van der Waals surface area contributed by atoms with Crippen LogP contribution in [-0.4, -0.2) is 44.7 Å². The summed E-state index contributed by atoms with van der Waals surface area (Å²) in [7, 11) is 5.49. The molecule has 0 bridgehead atoms. The molecule has 0 saturated carbocycles. The van der Waals surface area contributed by atoms with E-state index in [4.69, 9.17) is 14.2 Å². The molecule has 2 aliphatic rings. The zero-order valence-corrected chi connectivity index (χ0v) is 17.1. The van der Waals surface area contributed by atoms with Gasteiger partial charge in [0, 0.05) is 24.3 Å². The molecule has 0 amide bonds. The number of rotatable bonds is 6. The molecule has 1 fully saturated rings. The quantitative estimate of drug-likeness (QED) is 0.708. The van der Waals surface area contributed by atoms with E-state index in [0.717, 1.165) is 43.1 Å². The molecule has 2 atom stereocenters. The summed E-state index contributed by atoms with van der Waals surface area (Å²) in [6.45, 7) is 5.09. The lowest BCUT2D eigenvalue weighted by molar-refractivity contribution is -0.140. The van der Waals surface area contributed by atoms with Crippen LogP contribution in [-0.2, 0) is 14.9 Å². The van der Waals surface area contributed by atoms with Gasteiger partial charge in [-0.15, -0.1) is 0 Å². The van der Waals surface area contributed by atoms with E-state index in [0.29, 0.717) is 18.4 Å². The van der Waals surface area contributed by atoms with Crippen LogP contribution in [0.3, 0.4) is 0 Å². The van der Waals surface area contributed by atoms with Crippen molar-refractivity contribution in [3.05, 3.63) is 35.6 Å². The molecule has 27 heavy (non-hydrogen) atoms. The predicted octanol–water partition coefficient (Wildman–Crippen LogP) is 3.91. The average Bonchev–Trinajstić information content (AvgIpc) is 2.98.